The van der Waals surface area contributed by atoms with E-state index in [2.05, 4.69) is 0 Å². The molecule has 0 amide bonds. The minimum absolute atomic E-state index is 0.402. The number of carbonyl (C=O) groups excluding carboxylic acids is 1. The highest BCUT2D eigenvalue weighted by Gasteiger charge is 2.54. The first-order valence-corrected chi connectivity index (χ1v) is 9.64. The van der Waals surface area contributed by atoms with Crippen molar-refractivity contribution in [1.82, 2.24) is 0 Å². The van der Waals surface area contributed by atoms with Crippen molar-refractivity contribution < 1.29 is 28.1 Å². The molecule has 0 atom stereocenters. The molecule has 8 heteroatoms. The fraction of sp³-hybridized carbons (Fsp3) is 0.650. The van der Waals surface area contributed by atoms with Gasteiger partial charge in [0.05, 0.1) is 35.1 Å². The van der Waals surface area contributed by atoms with Crippen LogP contribution in [0.15, 0.2) is 18.2 Å². The van der Waals surface area contributed by atoms with E-state index in [0.29, 0.717) is 5.56 Å². The molecule has 2 heterocycles. The van der Waals surface area contributed by atoms with Crippen molar-refractivity contribution in [3.8, 4) is 0 Å². The normalized spacial score (nSPS) is 24.5. The largest absolute Gasteiger partial charge is 0.494 e. The molecule has 0 aliphatic carbocycles. The summed E-state index contributed by atoms with van der Waals surface area (Å²) in [6, 6.07) is 5.39. The molecule has 2 aliphatic rings. The summed E-state index contributed by atoms with van der Waals surface area (Å²) in [5.74, 6) is -0.434. The van der Waals surface area contributed by atoms with Crippen LogP contribution in [0, 0.1) is 0 Å². The molecule has 2 aliphatic heterocycles. The lowest BCUT2D eigenvalue weighted by atomic mass is 9.71. The molecule has 1 aromatic rings. The fourth-order valence-corrected chi connectivity index (χ4v) is 3.14. The molecule has 2 saturated heterocycles. The van der Waals surface area contributed by atoms with E-state index in [-0.39, 0.29) is 0 Å². The number of esters is 1. The monoisotopic (exact) mass is 388 g/mol. The Morgan fingerprint density at radius 1 is 0.714 bits per heavy atom. The summed E-state index contributed by atoms with van der Waals surface area (Å²) in [7, 11) is 0.157. The van der Waals surface area contributed by atoms with E-state index in [1.165, 1.54) is 7.11 Å². The van der Waals surface area contributed by atoms with E-state index >= 15 is 0 Å². The highest BCUT2D eigenvalue weighted by molar-refractivity contribution is 6.66. The Morgan fingerprint density at radius 3 is 1.32 bits per heavy atom. The van der Waals surface area contributed by atoms with Crippen LogP contribution in [0.2, 0.25) is 0 Å². The minimum atomic E-state index is -0.601. The van der Waals surface area contributed by atoms with Gasteiger partial charge in [-0.15, -0.1) is 0 Å². The maximum absolute atomic E-state index is 12.3. The van der Waals surface area contributed by atoms with Crippen molar-refractivity contribution in [1.29, 1.82) is 0 Å². The summed E-state index contributed by atoms with van der Waals surface area (Å²) in [5, 5.41) is 0. The van der Waals surface area contributed by atoms with Crippen LogP contribution in [0.1, 0.15) is 65.7 Å². The molecule has 0 saturated carbocycles. The second-order valence-electron chi connectivity index (χ2n) is 9.56. The zero-order chi connectivity index (χ0) is 21.1. The Bertz CT molecular complexity index is 701. The molecule has 0 unspecified atom stereocenters. The number of carbonyl (C=O) groups is 1. The van der Waals surface area contributed by atoms with Crippen LogP contribution < -0.4 is 10.9 Å². The Morgan fingerprint density at radius 2 is 1.04 bits per heavy atom. The predicted molar refractivity (Wildman–Crippen MR) is 109 cm³/mol. The Kier molecular flexibility index (Phi) is 5.03. The van der Waals surface area contributed by atoms with Crippen LogP contribution in [0.3, 0.4) is 0 Å². The third kappa shape index (κ3) is 3.52. The molecular weight excluding hydrogens is 358 g/mol. The number of hydrogen-bond donors (Lipinski definition) is 0. The maximum Gasteiger partial charge on any atom is 0.494 e. The van der Waals surface area contributed by atoms with E-state index in [4.69, 9.17) is 23.4 Å². The van der Waals surface area contributed by atoms with Crippen LogP contribution in [-0.2, 0) is 23.4 Å². The lowest BCUT2D eigenvalue weighted by Gasteiger charge is -2.32. The molecule has 0 spiro atoms. The van der Waals surface area contributed by atoms with Gasteiger partial charge in [-0.3, -0.25) is 0 Å². The molecular formula is C20H30B2O6. The van der Waals surface area contributed by atoms with Gasteiger partial charge in [0.25, 0.3) is 0 Å². The first-order chi connectivity index (χ1) is 12.7. The first kappa shape index (κ1) is 21.4. The minimum Gasteiger partial charge on any atom is -0.465 e. The SMILES string of the molecule is COC(=O)c1cc(B2OC(C)(C)C(C)(C)O2)cc(B2OC(C)(C)C(C)(C)O2)c1. The van der Waals surface area contributed by atoms with Crippen molar-refractivity contribution >= 4 is 31.1 Å². The van der Waals surface area contributed by atoms with Crippen LogP contribution in [-0.4, -0.2) is 49.7 Å². The Hall–Kier alpha value is -1.34. The van der Waals surface area contributed by atoms with Gasteiger partial charge in [-0.1, -0.05) is 6.07 Å². The van der Waals surface area contributed by atoms with E-state index in [0.717, 1.165) is 10.9 Å². The summed E-state index contributed by atoms with van der Waals surface area (Å²) in [6.45, 7) is 15.9. The molecule has 6 nitrogen and oxygen atoms in total. The molecule has 28 heavy (non-hydrogen) atoms. The molecule has 0 N–H and O–H groups in total. The molecule has 1 aromatic carbocycles. The van der Waals surface area contributed by atoms with Gasteiger partial charge in [-0.05, 0) is 78.4 Å². The molecule has 0 bridgehead atoms. The zero-order valence-electron chi connectivity index (χ0n) is 18.3. The molecule has 0 radical (unpaired) electrons. The van der Waals surface area contributed by atoms with Crippen molar-refractivity contribution in [3.05, 3.63) is 23.8 Å². The van der Waals surface area contributed by atoms with Crippen molar-refractivity contribution in [2.75, 3.05) is 7.11 Å². The number of ether oxygens (including phenoxy) is 1. The lowest BCUT2D eigenvalue weighted by Crippen LogP contribution is -2.42. The smallest absolute Gasteiger partial charge is 0.465 e. The van der Waals surface area contributed by atoms with Gasteiger partial charge in [-0.25, -0.2) is 4.79 Å². The van der Waals surface area contributed by atoms with Crippen molar-refractivity contribution in [3.63, 3.8) is 0 Å². The van der Waals surface area contributed by atoms with Gasteiger partial charge in [0.2, 0.25) is 0 Å². The second-order valence-corrected chi connectivity index (χ2v) is 9.56. The van der Waals surface area contributed by atoms with Crippen molar-refractivity contribution in [2.24, 2.45) is 0 Å². The lowest BCUT2D eigenvalue weighted by molar-refractivity contribution is 0.00578. The molecule has 3 rings (SSSR count). The highest BCUT2D eigenvalue weighted by atomic mass is 16.7. The van der Waals surface area contributed by atoms with Gasteiger partial charge in [0.15, 0.2) is 0 Å². The summed E-state index contributed by atoms with van der Waals surface area (Å²) < 4.78 is 29.6. The zero-order valence-corrected chi connectivity index (χ0v) is 18.3. The quantitative estimate of drug-likeness (QED) is 0.584. The van der Waals surface area contributed by atoms with Crippen LogP contribution >= 0.6 is 0 Å². The number of rotatable bonds is 3. The highest BCUT2D eigenvalue weighted by Crippen LogP contribution is 2.38. The molecule has 0 aromatic heterocycles. The topological polar surface area (TPSA) is 63.2 Å². The Labute approximate surface area is 168 Å². The van der Waals surface area contributed by atoms with Gasteiger partial charge < -0.3 is 23.4 Å². The number of methoxy groups -OCH3 is 1. The number of benzene rings is 1. The summed E-state index contributed by atoms with van der Waals surface area (Å²) >= 11 is 0. The summed E-state index contributed by atoms with van der Waals surface area (Å²) in [4.78, 5) is 12.3. The maximum atomic E-state index is 12.3. The van der Waals surface area contributed by atoms with E-state index in [1.807, 2.05) is 61.5 Å². The third-order valence-corrected chi connectivity index (χ3v) is 6.45. The van der Waals surface area contributed by atoms with E-state index in [1.54, 1.807) is 12.1 Å². The Balaban J connectivity index is 2.01. The van der Waals surface area contributed by atoms with E-state index in [9.17, 15) is 4.79 Å². The standard InChI is InChI=1S/C20H30B2O6/c1-17(2)18(3,4)26-21(25-17)14-10-13(16(23)24-9)11-15(12-14)22-27-19(5,6)20(7,8)28-22/h10-12H,1-9H3. The van der Waals surface area contributed by atoms with E-state index < -0.39 is 42.6 Å². The average Bonchev–Trinajstić information content (AvgIpc) is 2.93. The van der Waals surface area contributed by atoms with Gasteiger partial charge >= 0.3 is 20.2 Å². The predicted octanol–water partition coefficient (Wildman–Crippen LogP) is 2.07. The second kappa shape index (κ2) is 6.59. The molecule has 152 valence electrons. The average molecular weight is 388 g/mol. The van der Waals surface area contributed by atoms with Crippen LogP contribution in [0.25, 0.3) is 0 Å². The summed E-state index contributed by atoms with van der Waals surface area (Å²) in [5.41, 5.74) is -0.0725. The fourth-order valence-electron chi connectivity index (χ4n) is 3.14. The van der Waals surface area contributed by atoms with Crippen LogP contribution in [0.4, 0.5) is 0 Å². The van der Waals surface area contributed by atoms with Gasteiger partial charge in [0, 0.05) is 0 Å². The van der Waals surface area contributed by atoms with Gasteiger partial charge in [0.1, 0.15) is 0 Å². The van der Waals surface area contributed by atoms with Gasteiger partial charge in [-0.2, -0.15) is 0 Å². The van der Waals surface area contributed by atoms with Crippen LogP contribution in [0.5, 0.6) is 0 Å². The number of hydrogen-bond acceptors (Lipinski definition) is 6. The molecule has 2 fully saturated rings. The third-order valence-electron chi connectivity index (χ3n) is 6.45. The van der Waals surface area contributed by atoms with Crippen molar-refractivity contribution in [2.45, 2.75) is 77.8 Å². The summed E-state index contributed by atoms with van der Waals surface area (Å²) in [6.07, 6.45) is 0. The first-order valence-electron chi connectivity index (χ1n) is 9.64.